The van der Waals surface area contributed by atoms with E-state index in [0.29, 0.717) is 12.0 Å². The second kappa shape index (κ2) is 8.38. The van der Waals surface area contributed by atoms with E-state index in [-0.39, 0.29) is 11.3 Å². The van der Waals surface area contributed by atoms with Crippen molar-refractivity contribution in [3.05, 3.63) is 70.3 Å². The topological polar surface area (TPSA) is 55.4 Å². The minimum absolute atomic E-state index is 0.0198. The van der Waals surface area contributed by atoms with E-state index in [1.807, 2.05) is 44.2 Å². The van der Waals surface area contributed by atoms with Gasteiger partial charge in [-0.05, 0) is 53.6 Å². The first-order chi connectivity index (χ1) is 12.6. The second-order valence-electron chi connectivity index (χ2n) is 7.95. The van der Waals surface area contributed by atoms with E-state index in [2.05, 4.69) is 26.1 Å². The van der Waals surface area contributed by atoms with Gasteiger partial charge in [-0.15, -0.1) is 0 Å². The van der Waals surface area contributed by atoms with Crippen LogP contribution in [0.4, 0.5) is 0 Å². The van der Waals surface area contributed by atoms with Crippen LogP contribution in [0.3, 0.4) is 0 Å². The Bertz CT molecular complexity index is 796. The summed E-state index contributed by atoms with van der Waals surface area (Å²) in [4.78, 5) is 24.9. The van der Waals surface area contributed by atoms with Crippen LogP contribution in [0.15, 0.2) is 42.5 Å². The minimum Gasteiger partial charge on any atom is -0.467 e. The van der Waals surface area contributed by atoms with Crippen molar-refractivity contribution in [1.82, 2.24) is 5.32 Å². The molecule has 0 aliphatic carbocycles. The van der Waals surface area contributed by atoms with Crippen LogP contribution in [0.2, 0.25) is 0 Å². The average molecular weight is 367 g/mol. The molecule has 27 heavy (non-hydrogen) atoms. The van der Waals surface area contributed by atoms with Crippen molar-refractivity contribution in [3.63, 3.8) is 0 Å². The SMILES string of the molecule is COC(=O)[C@H](Cc1c(C)cccc1C)NC(=O)c1ccc(C(C)(C)C)cc1. The van der Waals surface area contributed by atoms with Gasteiger partial charge in [0, 0.05) is 12.0 Å². The third kappa shape index (κ3) is 5.19. The maximum atomic E-state index is 12.7. The zero-order valence-corrected chi connectivity index (χ0v) is 17.1. The molecule has 144 valence electrons. The summed E-state index contributed by atoms with van der Waals surface area (Å²) in [5.41, 5.74) is 4.93. The second-order valence-corrected chi connectivity index (χ2v) is 7.95. The van der Waals surface area contributed by atoms with Crippen molar-refractivity contribution in [1.29, 1.82) is 0 Å². The van der Waals surface area contributed by atoms with Crippen LogP contribution in [0.1, 0.15) is 53.4 Å². The fourth-order valence-corrected chi connectivity index (χ4v) is 3.07. The summed E-state index contributed by atoms with van der Waals surface area (Å²) < 4.78 is 4.91. The monoisotopic (exact) mass is 367 g/mol. The van der Waals surface area contributed by atoms with Crippen LogP contribution in [-0.2, 0) is 21.4 Å². The lowest BCUT2D eigenvalue weighted by Gasteiger charge is -2.20. The molecular formula is C23H29NO3. The van der Waals surface area contributed by atoms with Gasteiger partial charge in [-0.25, -0.2) is 4.79 Å². The molecule has 0 aliphatic rings. The van der Waals surface area contributed by atoms with E-state index in [1.54, 1.807) is 12.1 Å². The van der Waals surface area contributed by atoms with Crippen molar-refractivity contribution >= 4 is 11.9 Å². The third-order valence-corrected chi connectivity index (χ3v) is 4.86. The molecule has 0 bridgehead atoms. The molecule has 0 fully saturated rings. The Balaban J connectivity index is 2.21. The lowest BCUT2D eigenvalue weighted by atomic mass is 9.86. The van der Waals surface area contributed by atoms with Crippen molar-refractivity contribution in [2.45, 2.75) is 52.5 Å². The first-order valence-corrected chi connectivity index (χ1v) is 9.18. The van der Waals surface area contributed by atoms with Gasteiger partial charge in [0.15, 0.2) is 0 Å². The lowest BCUT2D eigenvalue weighted by Crippen LogP contribution is -2.43. The Morgan fingerprint density at radius 1 is 1.00 bits per heavy atom. The third-order valence-electron chi connectivity index (χ3n) is 4.86. The van der Waals surface area contributed by atoms with Crippen molar-refractivity contribution < 1.29 is 14.3 Å². The number of aryl methyl sites for hydroxylation is 2. The van der Waals surface area contributed by atoms with Gasteiger partial charge in [-0.3, -0.25) is 4.79 Å². The Morgan fingerprint density at radius 3 is 2.04 bits per heavy atom. The molecule has 0 aromatic heterocycles. The van der Waals surface area contributed by atoms with Crippen molar-refractivity contribution in [2.75, 3.05) is 7.11 Å². The molecule has 2 aromatic rings. The van der Waals surface area contributed by atoms with E-state index in [0.717, 1.165) is 22.3 Å². The van der Waals surface area contributed by atoms with E-state index in [4.69, 9.17) is 4.74 Å². The summed E-state index contributed by atoms with van der Waals surface area (Å²) in [6, 6.07) is 12.8. The Labute approximate surface area is 161 Å². The van der Waals surface area contributed by atoms with Gasteiger partial charge in [0.1, 0.15) is 6.04 Å². The van der Waals surface area contributed by atoms with E-state index < -0.39 is 12.0 Å². The highest BCUT2D eigenvalue weighted by molar-refractivity contribution is 5.96. The number of esters is 1. The molecule has 0 unspecified atom stereocenters. The van der Waals surface area contributed by atoms with E-state index in [1.165, 1.54) is 7.11 Å². The number of benzene rings is 2. The number of rotatable bonds is 5. The number of amides is 1. The van der Waals surface area contributed by atoms with Crippen LogP contribution < -0.4 is 5.32 Å². The number of carbonyl (C=O) groups is 2. The van der Waals surface area contributed by atoms with Crippen LogP contribution in [0.5, 0.6) is 0 Å². The molecule has 1 amide bonds. The van der Waals surface area contributed by atoms with Crippen LogP contribution in [0.25, 0.3) is 0 Å². The summed E-state index contributed by atoms with van der Waals surface area (Å²) in [5, 5.41) is 2.83. The molecule has 1 N–H and O–H groups in total. The van der Waals surface area contributed by atoms with Gasteiger partial charge in [-0.1, -0.05) is 51.1 Å². The number of carbonyl (C=O) groups excluding carboxylic acids is 2. The molecule has 0 heterocycles. The zero-order valence-electron chi connectivity index (χ0n) is 17.1. The molecule has 0 saturated carbocycles. The van der Waals surface area contributed by atoms with Gasteiger partial charge < -0.3 is 10.1 Å². The summed E-state index contributed by atoms with van der Waals surface area (Å²) in [5.74, 6) is -0.727. The van der Waals surface area contributed by atoms with E-state index >= 15 is 0 Å². The number of nitrogens with one attached hydrogen (secondary N) is 1. The first kappa shape index (κ1) is 20.7. The predicted octanol–water partition coefficient (Wildman–Crippen LogP) is 4.12. The summed E-state index contributed by atoms with van der Waals surface area (Å²) >= 11 is 0. The molecule has 2 aromatic carbocycles. The Hall–Kier alpha value is -2.62. The Kier molecular flexibility index (Phi) is 6.42. The maximum absolute atomic E-state index is 12.7. The smallest absolute Gasteiger partial charge is 0.328 e. The maximum Gasteiger partial charge on any atom is 0.328 e. The molecule has 0 aliphatic heterocycles. The zero-order chi connectivity index (χ0) is 20.2. The highest BCUT2D eigenvalue weighted by atomic mass is 16.5. The molecule has 1 atom stereocenters. The normalized spacial score (nSPS) is 12.4. The molecule has 4 nitrogen and oxygen atoms in total. The predicted molar refractivity (Wildman–Crippen MR) is 108 cm³/mol. The molecule has 4 heteroatoms. The van der Waals surface area contributed by atoms with E-state index in [9.17, 15) is 9.59 Å². The molecule has 2 rings (SSSR count). The van der Waals surface area contributed by atoms with Crippen LogP contribution in [-0.4, -0.2) is 25.0 Å². The number of ether oxygens (including phenoxy) is 1. The summed E-state index contributed by atoms with van der Waals surface area (Å²) in [7, 11) is 1.34. The van der Waals surface area contributed by atoms with Crippen LogP contribution >= 0.6 is 0 Å². The summed E-state index contributed by atoms with van der Waals surface area (Å²) in [6.07, 6.45) is 0.400. The van der Waals surface area contributed by atoms with Gasteiger partial charge in [0.2, 0.25) is 0 Å². The lowest BCUT2D eigenvalue weighted by molar-refractivity contribution is -0.142. The molecule has 0 spiro atoms. The van der Waals surface area contributed by atoms with Crippen molar-refractivity contribution in [2.24, 2.45) is 0 Å². The number of methoxy groups -OCH3 is 1. The largest absolute Gasteiger partial charge is 0.467 e. The van der Waals surface area contributed by atoms with Crippen molar-refractivity contribution in [3.8, 4) is 0 Å². The summed E-state index contributed by atoms with van der Waals surface area (Å²) in [6.45, 7) is 10.4. The van der Waals surface area contributed by atoms with Gasteiger partial charge in [0.05, 0.1) is 7.11 Å². The quantitative estimate of drug-likeness (QED) is 0.809. The highest BCUT2D eigenvalue weighted by Gasteiger charge is 2.24. The number of hydrogen-bond acceptors (Lipinski definition) is 3. The fourth-order valence-electron chi connectivity index (χ4n) is 3.07. The first-order valence-electron chi connectivity index (χ1n) is 9.18. The standard InChI is InChI=1S/C23H29NO3/c1-15-8-7-9-16(2)19(15)14-20(22(26)27-6)24-21(25)17-10-12-18(13-11-17)23(3,4)5/h7-13,20H,14H2,1-6H3,(H,24,25)/t20-/m0/s1. The average Bonchev–Trinajstić information content (AvgIpc) is 2.62. The fraction of sp³-hybridized carbons (Fsp3) is 0.391. The Morgan fingerprint density at radius 2 is 1.56 bits per heavy atom. The molecular weight excluding hydrogens is 338 g/mol. The van der Waals surface area contributed by atoms with Gasteiger partial charge >= 0.3 is 5.97 Å². The number of hydrogen-bond donors (Lipinski definition) is 1. The van der Waals surface area contributed by atoms with Crippen LogP contribution in [0, 0.1) is 13.8 Å². The van der Waals surface area contributed by atoms with Gasteiger partial charge in [-0.2, -0.15) is 0 Å². The highest BCUT2D eigenvalue weighted by Crippen LogP contribution is 2.22. The van der Waals surface area contributed by atoms with Gasteiger partial charge in [0.25, 0.3) is 5.91 Å². The minimum atomic E-state index is -0.732. The molecule has 0 saturated heterocycles. The molecule has 0 radical (unpaired) electrons.